The molecule has 0 bridgehead atoms. The van der Waals surface area contributed by atoms with E-state index in [4.69, 9.17) is 18.9 Å². The van der Waals surface area contributed by atoms with Crippen molar-refractivity contribution >= 4 is 46.4 Å². The number of ether oxygens (including phenoxy) is 4. The zero-order valence-electron chi connectivity index (χ0n) is 34.7. The van der Waals surface area contributed by atoms with Crippen molar-refractivity contribution in [3.63, 3.8) is 0 Å². The minimum atomic E-state index is -0.150. The summed E-state index contributed by atoms with van der Waals surface area (Å²) in [6.07, 6.45) is 6.05. The molecule has 14 heteroatoms. The number of hydrogen-bond donors (Lipinski definition) is 4. The van der Waals surface area contributed by atoms with Crippen LogP contribution in [0.3, 0.4) is 0 Å². The Labute approximate surface area is 359 Å². The highest BCUT2D eigenvalue weighted by Gasteiger charge is 2.26. The second-order valence-electron chi connectivity index (χ2n) is 14.7. The molecule has 2 aliphatic rings. The number of nitrogens with one attached hydrogen (secondary N) is 4. The van der Waals surface area contributed by atoms with Gasteiger partial charge in [-0.15, -0.1) is 0 Å². The fraction of sp³-hybridized carbons (Fsp3) is 0.208. The molecule has 0 radical (unpaired) electrons. The quantitative estimate of drug-likeness (QED) is 0.104. The second kappa shape index (κ2) is 19.5. The number of para-hydroxylation sites is 2. The van der Waals surface area contributed by atoms with E-state index < -0.39 is 0 Å². The maximum absolute atomic E-state index is 11.5. The van der Waals surface area contributed by atoms with Gasteiger partial charge in [0, 0.05) is 62.3 Å². The van der Waals surface area contributed by atoms with Gasteiger partial charge in [0.1, 0.15) is 35.2 Å². The molecule has 14 nitrogen and oxygen atoms in total. The number of benzene rings is 4. The summed E-state index contributed by atoms with van der Waals surface area (Å²) in [5.41, 5.74) is 6.82. The average molecular weight is 835 g/mol. The first-order valence-corrected chi connectivity index (χ1v) is 20.1. The standard InChI is InChI=1S/2C24H23N3O4/c2*1-15(28)26-18-8-12-24(25-14-18)30-19-9-11-22-17(13-19)7-10-23(31-22)20-5-3-4-6-21(20)27-16(2)29/h2*3-6,8-9,11-14,23H,7,10H2,1-2H3,(H,26,28)(H,27,29). The van der Waals surface area contributed by atoms with Crippen LogP contribution in [0.4, 0.5) is 22.7 Å². The molecule has 4 amide bonds. The summed E-state index contributed by atoms with van der Waals surface area (Å²) < 4.78 is 24.2. The number of anilines is 4. The molecule has 0 aliphatic carbocycles. The van der Waals surface area contributed by atoms with E-state index in [0.29, 0.717) is 34.6 Å². The number of hydrogen-bond acceptors (Lipinski definition) is 10. The lowest BCUT2D eigenvalue weighted by molar-refractivity contribution is -0.115. The van der Waals surface area contributed by atoms with E-state index in [9.17, 15) is 19.2 Å². The summed E-state index contributed by atoms with van der Waals surface area (Å²) in [4.78, 5) is 53.7. The summed E-state index contributed by atoms with van der Waals surface area (Å²) in [6.45, 7) is 5.89. The molecule has 4 N–H and O–H groups in total. The summed E-state index contributed by atoms with van der Waals surface area (Å²) in [7, 11) is 0. The van der Waals surface area contributed by atoms with Crippen molar-refractivity contribution in [2.45, 2.75) is 65.6 Å². The molecule has 4 heterocycles. The van der Waals surface area contributed by atoms with Gasteiger partial charge in [-0.05, 0) is 97.5 Å². The van der Waals surface area contributed by atoms with Crippen LogP contribution < -0.4 is 40.2 Å². The predicted octanol–water partition coefficient (Wildman–Crippen LogP) is 9.71. The van der Waals surface area contributed by atoms with Crippen LogP contribution in [0, 0.1) is 0 Å². The fourth-order valence-corrected chi connectivity index (χ4v) is 7.13. The van der Waals surface area contributed by atoms with Crippen molar-refractivity contribution in [2.24, 2.45) is 0 Å². The van der Waals surface area contributed by atoms with Gasteiger partial charge in [-0.2, -0.15) is 0 Å². The van der Waals surface area contributed by atoms with Crippen LogP contribution in [-0.4, -0.2) is 33.6 Å². The zero-order valence-corrected chi connectivity index (χ0v) is 34.7. The minimum absolute atomic E-state index is 0.107. The van der Waals surface area contributed by atoms with Gasteiger partial charge in [-0.3, -0.25) is 19.2 Å². The molecule has 0 fully saturated rings. The van der Waals surface area contributed by atoms with Gasteiger partial charge in [-0.1, -0.05) is 36.4 Å². The SMILES string of the molecule is CC(=O)Nc1ccc(Oc2ccc3c(c2)CCC(c2ccccc2NC(C)=O)O3)nc1.CC(=O)Nc1ccc(Oc2ccc3c(c2)CCC(c2ccccc2NC(C)=O)O3)nc1. The highest BCUT2D eigenvalue weighted by molar-refractivity contribution is 5.90. The number of aromatic nitrogens is 2. The molecule has 2 aliphatic heterocycles. The van der Waals surface area contributed by atoms with E-state index in [0.717, 1.165) is 70.8 Å². The molecule has 0 spiro atoms. The van der Waals surface area contributed by atoms with Gasteiger partial charge >= 0.3 is 0 Å². The number of aryl methyl sites for hydroxylation is 2. The Morgan fingerprint density at radius 3 is 1.29 bits per heavy atom. The molecule has 0 saturated carbocycles. The number of amides is 4. The lowest BCUT2D eigenvalue weighted by Gasteiger charge is -2.28. The second-order valence-corrected chi connectivity index (χ2v) is 14.7. The third-order valence-electron chi connectivity index (χ3n) is 9.75. The van der Waals surface area contributed by atoms with E-state index in [1.807, 2.05) is 84.9 Å². The largest absolute Gasteiger partial charge is 0.485 e. The highest BCUT2D eigenvalue weighted by atomic mass is 16.5. The number of pyridine rings is 2. The summed E-state index contributed by atoms with van der Waals surface area (Å²) >= 11 is 0. The van der Waals surface area contributed by atoms with Crippen LogP contribution in [0.5, 0.6) is 34.8 Å². The lowest BCUT2D eigenvalue weighted by atomic mass is 9.96. The molecule has 316 valence electrons. The average Bonchev–Trinajstić information content (AvgIpc) is 3.25. The number of carbonyl (C=O) groups is 4. The number of nitrogens with zero attached hydrogens (tertiary/aromatic N) is 2. The molecule has 2 unspecified atom stereocenters. The number of carbonyl (C=O) groups excluding carboxylic acids is 4. The van der Waals surface area contributed by atoms with E-state index >= 15 is 0 Å². The molecule has 6 aromatic rings. The first-order valence-electron chi connectivity index (χ1n) is 20.1. The minimum Gasteiger partial charge on any atom is -0.485 e. The van der Waals surface area contributed by atoms with E-state index in [2.05, 4.69) is 31.2 Å². The van der Waals surface area contributed by atoms with Crippen LogP contribution in [0.25, 0.3) is 0 Å². The molecule has 8 rings (SSSR count). The van der Waals surface area contributed by atoms with Crippen molar-refractivity contribution in [1.82, 2.24) is 9.97 Å². The maximum Gasteiger partial charge on any atom is 0.221 e. The van der Waals surface area contributed by atoms with Crippen molar-refractivity contribution in [3.8, 4) is 34.8 Å². The Bertz CT molecular complexity index is 2400. The summed E-state index contributed by atoms with van der Waals surface area (Å²) in [6, 6.07) is 33.7. The highest BCUT2D eigenvalue weighted by Crippen LogP contribution is 2.41. The van der Waals surface area contributed by atoms with Gasteiger partial charge in [0.15, 0.2) is 0 Å². The Morgan fingerprint density at radius 1 is 0.516 bits per heavy atom. The summed E-state index contributed by atoms with van der Waals surface area (Å²) in [5.74, 6) is 3.30. The molecule has 4 aromatic carbocycles. The Hall–Kier alpha value is -7.74. The lowest BCUT2D eigenvalue weighted by Crippen LogP contribution is -2.18. The third-order valence-corrected chi connectivity index (χ3v) is 9.75. The van der Waals surface area contributed by atoms with Crippen LogP contribution in [0.2, 0.25) is 0 Å². The van der Waals surface area contributed by atoms with Crippen molar-refractivity contribution in [1.29, 1.82) is 0 Å². The predicted molar refractivity (Wildman–Crippen MR) is 235 cm³/mol. The monoisotopic (exact) mass is 834 g/mol. The third kappa shape index (κ3) is 11.3. The Balaban J connectivity index is 0.000000186. The number of rotatable bonds is 10. The van der Waals surface area contributed by atoms with E-state index in [1.165, 1.54) is 27.7 Å². The van der Waals surface area contributed by atoms with Crippen molar-refractivity contribution in [2.75, 3.05) is 21.3 Å². The van der Waals surface area contributed by atoms with Gasteiger partial charge in [-0.25, -0.2) is 9.97 Å². The van der Waals surface area contributed by atoms with Gasteiger partial charge in [0.25, 0.3) is 0 Å². The summed E-state index contributed by atoms with van der Waals surface area (Å²) in [5, 5.41) is 11.1. The molecule has 62 heavy (non-hydrogen) atoms. The molecule has 0 saturated heterocycles. The topological polar surface area (TPSA) is 179 Å². The zero-order chi connectivity index (χ0) is 43.6. The maximum atomic E-state index is 11.5. The molecule has 2 atom stereocenters. The van der Waals surface area contributed by atoms with Crippen LogP contribution in [-0.2, 0) is 32.0 Å². The van der Waals surface area contributed by atoms with Gasteiger partial charge in [0.05, 0.1) is 23.8 Å². The van der Waals surface area contributed by atoms with Crippen LogP contribution in [0.1, 0.15) is 75.0 Å². The molecular formula is C48H46N6O8. The number of fused-ring (bicyclic) bond motifs is 2. The van der Waals surface area contributed by atoms with Gasteiger partial charge in [0.2, 0.25) is 35.4 Å². The Kier molecular flexibility index (Phi) is 13.4. The normalized spacial score (nSPS) is 14.7. The van der Waals surface area contributed by atoms with E-state index in [1.54, 1.807) is 36.7 Å². The molecular weight excluding hydrogens is 789 g/mol. The fourth-order valence-electron chi connectivity index (χ4n) is 7.13. The van der Waals surface area contributed by atoms with Crippen molar-refractivity contribution in [3.05, 3.63) is 144 Å². The first kappa shape index (κ1) is 42.4. The smallest absolute Gasteiger partial charge is 0.221 e. The van der Waals surface area contributed by atoms with E-state index in [-0.39, 0.29) is 35.8 Å². The van der Waals surface area contributed by atoms with Crippen LogP contribution in [0.15, 0.2) is 122 Å². The Morgan fingerprint density at radius 2 is 0.919 bits per heavy atom. The van der Waals surface area contributed by atoms with Gasteiger partial charge < -0.3 is 40.2 Å². The first-order chi connectivity index (χ1) is 29.9. The van der Waals surface area contributed by atoms with Crippen molar-refractivity contribution < 1.29 is 38.1 Å². The molecule has 2 aromatic heterocycles. The van der Waals surface area contributed by atoms with Crippen LogP contribution >= 0.6 is 0 Å².